The van der Waals surface area contributed by atoms with Crippen molar-refractivity contribution in [1.82, 2.24) is 0 Å². The molecule has 1 rings (SSSR count). The maximum Gasteiger partial charge on any atom is 0.335 e. The van der Waals surface area contributed by atoms with Crippen molar-refractivity contribution in [2.45, 2.75) is 17.7 Å². The zero-order chi connectivity index (χ0) is 15.3. The molecule has 0 aromatic heterocycles. The smallest absolute Gasteiger partial charge is 0.335 e. The highest BCUT2D eigenvalue weighted by Gasteiger charge is 2.18. The van der Waals surface area contributed by atoms with Crippen molar-refractivity contribution in [3.05, 3.63) is 23.8 Å². The van der Waals surface area contributed by atoms with E-state index in [4.69, 9.17) is 20.1 Å². The van der Waals surface area contributed by atoms with Gasteiger partial charge in [-0.1, -0.05) is 0 Å². The number of carboxylic acids is 2. The van der Waals surface area contributed by atoms with E-state index in [1.54, 1.807) is 0 Å². The van der Waals surface area contributed by atoms with Crippen LogP contribution in [0, 0.1) is 0 Å². The van der Waals surface area contributed by atoms with E-state index in [2.05, 4.69) is 0 Å². The third-order valence-corrected chi connectivity index (χ3v) is 3.22. The van der Waals surface area contributed by atoms with E-state index in [1.807, 2.05) is 0 Å². The summed E-state index contributed by atoms with van der Waals surface area (Å²) in [4.78, 5) is 20.7. The fourth-order valence-corrected chi connectivity index (χ4v) is 2.09. The molecule has 9 heteroatoms. The van der Waals surface area contributed by atoms with Crippen molar-refractivity contribution in [3.63, 3.8) is 0 Å². The lowest BCUT2D eigenvalue weighted by Crippen LogP contribution is -2.15. The summed E-state index contributed by atoms with van der Waals surface area (Å²) in [5, 5.41) is 22.2. The van der Waals surface area contributed by atoms with Crippen LogP contribution in [0.1, 0.15) is 23.2 Å². The normalized spacial score (nSPS) is 11.1. The van der Waals surface area contributed by atoms with Gasteiger partial charge in [0, 0.05) is 6.42 Å². The number of ether oxygens (including phenoxy) is 1. The molecule has 20 heavy (non-hydrogen) atoms. The summed E-state index contributed by atoms with van der Waals surface area (Å²) in [6, 6.07) is 3.23. The van der Waals surface area contributed by atoms with Gasteiger partial charge in [-0.25, -0.2) is 18.4 Å². The number of nitrogens with two attached hydrogens (primary N) is 1. The van der Waals surface area contributed by atoms with Crippen molar-refractivity contribution >= 4 is 22.0 Å². The highest BCUT2D eigenvalue weighted by molar-refractivity contribution is 7.89. The lowest BCUT2D eigenvalue weighted by molar-refractivity contribution is -0.137. The minimum absolute atomic E-state index is 0.0265. The van der Waals surface area contributed by atoms with Crippen LogP contribution in [0.2, 0.25) is 0 Å². The van der Waals surface area contributed by atoms with Gasteiger partial charge in [-0.3, -0.25) is 4.79 Å². The highest BCUT2D eigenvalue weighted by Crippen LogP contribution is 2.24. The summed E-state index contributed by atoms with van der Waals surface area (Å²) in [5.41, 5.74) is -0.244. The van der Waals surface area contributed by atoms with Crippen LogP contribution in [-0.4, -0.2) is 37.2 Å². The Morgan fingerprint density at radius 3 is 2.40 bits per heavy atom. The van der Waals surface area contributed by atoms with E-state index >= 15 is 0 Å². The van der Waals surface area contributed by atoms with Gasteiger partial charge >= 0.3 is 11.9 Å². The molecule has 0 aliphatic heterocycles. The van der Waals surface area contributed by atoms with Crippen LogP contribution in [0.25, 0.3) is 0 Å². The van der Waals surface area contributed by atoms with Crippen molar-refractivity contribution in [1.29, 1.82) is 0 Å². The standard InChI is InChI=1S/C11H13NO7S/c12-20(17,18)9-6-7(11(15)16)3-4-8(9)19-5-1-2-10(13)14/h3-4,6H,1-2,5H2,(H,13,14)(H,15,16)(H2,12,17,18). The third kappa shape index (κ3) is 4.52. The van der Waals surface area contributed by atoms with Gasteiger partial charge in [-0.15, -0.1) is 0 Å². The Hall–Kier alpha value is -2.13. The van der Waals surface area contributed by atoms with Gasteiger partial charge in [-0.05, 0) is 24.6 Å². The van der Waals surface area contributed by atoms with Gasteiger partial charge in [0.15, 0.2) is 0 Å². The Kier molecular flexibility index (Phi) is 5.06. The topological polar surface area (TPSA) is 144 Å². The summed E-state index contributed by atoms with van der Waals surface area (Å²) in [7, 11) is -4.15. The Balaban J connectivity index is 2.95. The molecule has 0 aliphatic carbocycles. The Morgan fingerprint density at radius 1 is 1.25 bits per heavy atom. The van der Waals surface area contributed by atoms with Crippen LogP contribution in [0.4, 0.5) is 0 Å². The number of carboxylic acid groups (broad SMARTS) is 2. The maximum absolute atomic E-state index is 11.4. The summed E-state index contributed by atoms with van der Waals surface area (Å²) in [6.45, 7) is -0.0265. The van der Waals surface area contributed by atoms with Crippen molar-refractivity contribution in [3.8, 4) is 5.75 Å². The van der Waals surface area contributed by atoms with Crippen LogP contribution < -0.4 is 9.88 Å². The number of benzene rings is 1. The zero-order valence-corrected chi connectivity index (χ0v) is 11.1. The molecular formula is C11H13NO7S. The molecule has 0 amide bonds. The van der Waals surface area contributed by atoms with Crippen LogP contribution in [0.5, 0.6) is 5.75 Å². The molecule has 4 N–H and O–H groups in total. The minimum atomic E-state index is -4.15. The second-order valence-electron chi connectivity index (χ2n) is 3.86. The molecule has 0 bridgehead atoms. The number of aliphatic carboxylic acids is 1. The van der Waals surface area contributed by atoms with Crippen molar-refractivity contribution in [2.24, 2.45) is 5.14 Å². The number of carbonyl (C=O) groups is 2. The van der Waals surface area contributed by atoms with E-state index in [9.17, 15) is 18.0 Å². The molecule has 8 nitrogen and oxygen atoms in total. The van der Waals surface area contributed by atoms with Gasteiger partial charge in [0.2, 0.25) is 10.0 Å². The summed E-state index contributed by atoms with van der Waals surface area (Å²) in [6.07, 6.45) is 0.0536. The quantitative estimate of drug-likeness (QED) is 0.613. The molecular weight excluding hydrogens is 290 g/mol. The molecule has 0 heterocycles. The summed E-state index contributed by atoms with van der Waals surface area (Å²) >= 11 is 0. The fourth-order valence-electron chi connectivity index (χ4n) is 1.39. The molecule has 0 fully saturated rings. The molecule has 110 valence electrons. The number of primary sulfonamides is 1. The van der Waals surface area contributed by atoms with Crippen LogP contribution in [0.3, 0.4) is 0 Å². The molecule has 0 radical (unpaired) electrons. The lowest BCUT2D eigenvalue weighted by atomic mass is 10.2. The predicted octanol–water partition coefficient (Wildman–Crippen LogP) is 0.276. The summed E-state index contributed by atoms with van der Waals surface area (Å²) in [5.74, 6) is -2.41. The molecule has 0 unspecified atom stereocenters. The fraction of sp³-hybridized carbons (Fsp3) is 0.273. The van der Waals surface area contributed by atoms with Crippen molar-refractivity contribution in [2.75, 3.05) is 6.61 Å². The van der Waals surface area contributed by atoms with E-state index in [0.717, 1.165) is 6.07 Å². The second kappa shape index (κ2) is 6.35. The number of hydrogen-bond donors (Lipinski definition) is 3. The Bertz CT molecular complexity index is 624. The average Bonchev–Trinajstić information content (AvgIpc) is 2.33. The second-order valence-corrected chi connectivity index (χ2v) is 5.39. The van der Waals surface area contributed by atoms with E-state index in [1.165, 1.54) is 12.1 Å². The number of aromatic carboxylic acids is 1. The lowest BCUT2D eigenvalue weighted by Gasteiger charge is -2.10. The zero-order valence-electron chi connectivity index (χ0n) is 10.3. The minimum Gasteiger partial charge on any atom is -0.492 e. The molecule has 0 saturated carbocycles. The Labute approximate surface area is 114 Å². The first kappa shape index (κ1) is 15.9. The monoisotopic (exact) mass is 303 g/mol. The van der Waals surface area contributed by atoms with E-state index < -0.39 is 26.9 Å². The number of sulfonamides is 1. The van der Waals surface area contributed by atoms with Gasteiger partial charge in [0.25, 0.3) is 0 Å². The van der Waals surface area contributed by atoms with Crippen LogP contribution in [0.15, 0.2) is 23.1 Å². The number of rotatable bonds is 7. The summed E-state index contributed by atoms with van der Waals surface area (Å²) < 4.78 is 27.9. The first-order chi connectivity index (χ1) is 9.21. The first-order valence-corrected chi connectivity index (χ1v) is 7.01. The highest BCUT2D eigenvalue weighted by atomic mass is 32.2. The van der Waals surface area contributed by atoms with Gasteiger partial charge in [-0.2, -0.15) is 0 Å². The Morgan fingerprint density at radius 2 is 1.90 bits per heavy atom. The maximum atomic E-state index is 11.4. The molecule has 0 saturated heterocycles. The molecule has 0 spiro atoms. The molecule has 0 aliphatic rings. The van der Waals surface area contributed by atoms with E-state index in [-0.39, 0.29) is 30.8 Å². The predicted molar refractivity (Wildman–Crippen MR) is 67.1 cm³/mol. The SMILES string of the molecule is NS(=O)(=O)c1cc(C(=O)O)ccc1OCCCC(=O)O. The van der Waals surface area contributed by atoms with Gasteiger partial charge in [0.05, 0.1) is 12.2 Å². The average molecular weight is 303 g/mol. The molecule has 1 aromatic rings. The van der Waals surface area contributed by atoms with E-state index in [0.29, 0.717) is 0 Å². The first-order valence-electron chi connectivity index (χ1n) is 5.46. The van der Waals surface area contributed by atoms with Crippen molar-refractivity contribution < 1.29 is 33.0 Å². The largest absolute Gasteiger partial charge is 0.492 e. The van der Waals surface area contributed by atoms with Gasteiger partial charge < -0.3 is 14.9 Å². The van der Waals surface area contributed by atoms with Crippen LogP contribution >= 0.6 is 0 Å². The van der Waals surface area contributed by atoms with Gasteiger partial charge in [0.1, 0.15) is 10.6 Å². The molecule has 1 aromatic carbocycles. The molecule has 0 atom stereocenters. The third-order valence-electron chi connectivity index (χ3n) is 2.29. The number of hydrogen-bond acceptors (Lipinski definition) is 5. The van der Waals surface area contributed by atoms with Crippen LogP contribution in [-0.2, 0) is 14.8 Å².